The Morgan fingerprint density at radius 3 is 2.76 bits per heavy atom. The minimum Gasteiger partial charge on any atom is -0.507 e. The summed E-state index contributed by atoms with van der Waals surface area (Å²) < 4.78 is 5.95. The maximum absolute atomic E-state index is 13.0. The molecule has 1 amide bonds. The molecule has 9 heteroatoms. The Morgan fingerprint density at radius 2 is 2.03 bits per heavy atom. The third-order valence-electron chi connectivity index (χ3n) is 5.95. The molecule has 0 saturated carbocycles. The van der Waals surface area contributed by atoms with Gasteiger partial charge < -0.3 is 24.8 Å². The number of aromatic nitrogens is 2. The van der Waals surface area contributed by atoms with E-state index in [-0.39, 0.29) is 17.3 Å². The summed E-state index contributed by atoms with van der Waals surface area (Å²) in [5.41, 5.74) is 2.73. The molecule has 33 heavy (non-hydrogen) atoms. The van der Waals surface area contributed by atoms with Crippen LogP contribution in [0.1, 0.15) is 27.2 Å². The number of nitrogens with one attached hydrogen (secondary N) is 1. The number of ether oxygens (including phenoxy) is 1. The number of hydrogen-bond acceptors (Lipinski definition) is 6. The van der Waals surface area contributed by atoms with Gasteiger partial charge in [0, 0.05) is 49.9 Å². The molecule has 1 fully saturated rings. The average Bonchev–Trinajstić information content (AvgIpc) is 3.36. The van der Waals surface area contributed by atoms with Gasteiger partial charge in [0.1, 0.15) is 22.8 Å². The lowest BCUT2D eigenvalue weighted by molar-refractivity contribution is 0.101. The second kappa shape index (κ2) is 8.00. The normalized spacial score (nSPS) is 17.2. The molecule has 0 unspecified atom stereocenters. The van der Waals surface area contributed by atoms with E-state index in [9.17, 15) is 14.7 Å². The number of hydrogen-bond donors (Lipinski definition) is 3. The molecule has 5 rings (SSSR count). The first kappa shape index (κ1) is 20.6. The molecule has 0 radical (unpaired) electrons. The number of phenols is 1. The van der Waals surface area contributed by atoms with Crippen molar-refractivity contribution in [3.05, 3.63) is 58.6 Å². The van der Waals surface area contributed by atoms with Crippen LogP contribution in [0.5, 0.6) is 11.5 Å². The maximum atomic E-state index is 13.0. The Balaban J connectivity index is 1.42. The zero-order chi connectivity index (χ0) is 23.1. The Labute approximate surface area is 188 Å². The van der Waals surface area contributed by atoms with E-state index in [1.54, 1.807) is 24.4 Å². The fourth-order valence-corrected chi connectivity index (χ4v) is 4.14. The van der Waals surface area contributed by atoms with Gasteiger partial charge in [0.05, 0.1) is 11.1 Å². The molecule has 2 aliphatic rings. The van der Waals surface area contributed by atoms with Crippen molar-refractivity contribution in [3.8, 4) is 23.8 Å². The van der Waals surface area contributed by atoms with Gasteiger partial charge in [-0.05, 0) is 30.3 Å². The van der Waals surface area contributed by atoms with E-state index in [1.165, 1.54) is 11.0 Å². The van der Waals surface area contributed by atoms with E-state index < -0.39 is 6.09 Å². The van der Waals surface area contributed by atoms with Crippen LogP contribution in [0, 0.1) is 12.3 Å². The summed E-state index contributed by atoms with van der Waals surface area (Å²) in [6.07, 6.45) is 7.84. The first-order chi connectivity index (χ1) is 15.9. The summed E-state index contributed by atoms with van der Waals surface area (Å²) in [5, 5.41) is 20.4. The topological polar surface area (TPSA) is 119 Å². The lowest BCUT2D eigenvalue weighted by Crippen LogP contribution is -2.47. The van der Waals surface area contributed by atoms with Crippen molar-refractivity contribution < 1.29 is 24.5 Å². The van der Waals surface area contributed by atoms with Crippen LogP contribution in [0.25, 0.3) is 17.1 Å². The molecule has 1 aromatic carbocycles. The fourth-order valence-electron chi connectivity index (χ4n) is 4.14. The number of nitrogens with zero attached hydrogens (tertiary/aromatic N) is 3. The number of terminal acetylenes is 1. The number of carbonyl (C=O) groups is 2. The molecule has 166 valence electrons. The van der Waals surface area contributed by atoms with Crippen molar-refractivity contribution >= 4 is 29.0 Å². The molecule has 4 heterocycles. The highest BCUT2D eigenvalue weighted by molar-refractivity contribution is 6.15. The smallest absolute Gasteiger partial charge is 0.407 e. The Bertz CT molecular complexity index is 1360. The van der Waals surface area contributed by atoms with Crippen molar-refractivity contribution in [2.24, 2.45) is 0 Å². The van der Waals surface area contributed by atoms with Crippen LogP contribution >= 0.6 is 0 Å². The lowest BCUT2D eigenvalue weighted by Gasteiger charge is -2.33. The van der Waals surface area contributed by atoms with E-state index in [0.29, 0.717) is 60.9 Å². The quantitative estimate of drug-likeness (QED) is 0.420. The summed E-state index contributed by atoms with van der Waals surface area (Å²) >= 11 is 0. The van der Waals surface area contributed by atoms with Gasteiger partial charge in [0.2, 0.25) is 5.78 Å². The number of Topliss-reactive ketones (excluding diaryl/α,β-unsaturated/α-hetero) is 1. The third-order valence-corrected chi connectivity index (χ3v) is 5.95. The number of H-pyrrole nitrogens is 1. The Hall–Kier alpha value is -4.29. The van der Waals surface area contributed by atoms with E-state index in [1.807, 2.05) is 11.0 Å². The van der Waals surface area contributed by atoms with Crippen molar-refractivity contribution in [2.75, 3.05) is 26.2 Å². The maximum Gasteiger partial charge on any atom is 0.407 e. The van der Waals surface area contributed by atoms with Crippen LogP contribution in [0.2, 0.25) is 0 Å². The van der Waals surface area contributed by atoms with Gasteiger partial charge >= 0.3 is 6.09 Å². The minimum absolute atomic E-state index is 0.0292. The number of fused-ring (bicyclic) bond motifs is 2. The number of amides is 1. The van der Waals surface area contributed by atoms with Crippen LogP contribution in [0.4, 0.5) is 4.79 Å². The van der Waals surface area contributed by atoms with Gasteiger partial charge in [-0.1, -0.05) is 5.92 Å². The number of pyridine rings is 1. The predicted octanol–water partition coefficient (Wildman–Crippen LogP) is 2.66. The van der Waals surface area contributed by atoms with Gasteiger partial charge in [-0.15, -0.1) is 6.42 Å². The number of ketones is 1. The van der Waals surface area contributed by atoms with Crippen molar-refractivity contribution in [2.45, 2.75) is 6.54 Å². The number of aromatic amines is 1. The number of aromatic hydroxyl groups is 1. The highest BCUT2D eigenvalue weighted by Crippen LogP contribution is 2.40. The van der Waals surface area contributed by atoms with Crippen LogP contribution < -0.4 is 4.74 Å². The molecule has 0 spiro atoms. The number of carbonyl (C=O) groups excluding carboxylic acids is 1. The summed E-state index contributed by atoms with van der Waals surface area (Å²) in [5.74, 6) is 2.72. The van der Waals surface area contributed by atoms with E-state index >= 15 is 0 Å². The van der Waals surface area contributed by atoms with E-state index in [2.05, 4.69) is 15.9 Å². The summed E-state index contributed by atoms with van der Waals surface area (Å²) in [7, 11) is 0. The third kappa shape index (κ3) is 3.66. The monoisotopic (exact) mass is 444 g/mol. The SMILES string of the molecule is C#Cc1ccc2c(C=C3Oc4c(ccc(O)c4CN4CCN(C(=O)O)CC4)C3=O)c[nH]c2n1. The zero-order valence-corrected chi connectivity index (χ0v) is 17.5. The van der Waals surface area contributed by atoms with Gasteiger partial charge in [0.25, 0.3) is 0 Å². The number of phenolic OH excluding ortho intramolecular Hbond substituents is 1. The van der Waals surface area contributed by atoms with Crippen molar-refractivity contribution in [1.82, 2.24) is 19.8 Å². The number of rotatable bonds is 3. The molecule has 9 nitrogen and oxygen atoms in total. The van der Waals surface area contributed by atoms with E-state index in [0.717, 1.165) is 10.9 Å². The molecule has 0 bridgehead atoms. The van der Waals surface area contributed by atoms with Gasteiger partial charge in [-0.25, -0.2) is 9.78 Å². The second-order valence-electron chi connectivity index (χ2n) is 7.91. The molecule has 2 aromatic heterocycles. The molecular formula is C24H20N4O5. The lowest BCUT2D eigenvalue weighted by atomic mass is 10.0. The molecule has 3 N–H and O–H groups in total. The minimum atomic E-state index is -0.940. The van der Waals surface area contributed by atoms with Crippen molar-refractivity contribution in [1.29, 1.82) is 0 Å². The summed E-state index contributed by atoms with van der Waals surface area (Å²) in [4.78, 5) is 34.9. The van der Waals surface area contributed by atoms with Crippen LogP contribution in [-0.2, 0) is 6.54 Å². The average molecular weight is 444 g/mol. The molecule has 1 saturated heterocycles. The highest BCUT2D eigenvalue weighted by atomic mass is 16.5. The Morgan fingerprint density at radius 1 is 1.24 bits per heavy atom. The molecule has 3 aromatic rings. The second-order valence-corrected chi connectivity index (χ2v) is 7.91. The number of benzene rings is 1. The molecular weight excluding hydrogens is 424 g/mol. The number of piperazine rings is 1. The zero-order valence-electron chi connectivity index (χ0n) is 17.5. The highest BCUT2D eigenvalue weighted by Gasteiger charge is 2.32. The predicted molar refractivity (Wildman–Crippen MR) is 120 cm³/mol. The molecule has 0 aliphatic carbocycles. The molecule has 2 aliphatic heterocycles. The van der Waals surface area contributed by atoms with Crippen molar-refractivity contribution in [3.63, 3.8) is 0 Å². The largest absolute Gasteiger partial charge is 0.507 e. The van der Waals surface area contributed by atoms with E-state index in [4.69, 9.17) is 16.3 Å². The van der Waals surface area contributed by atoms with Crippen LogP contribution in [-0.4, -0.2) is 68.0 Å². The van der Waals surface area contributed by atoms with Crippen LogP contribution in [0.15, 0.2) is 36.2 Å². The standard InChI is InChI=1S/C24H20N4O5/c1-2-15-3-4-16-14(12-25-23(16)26-15)11-20-21(30)17-5-6-19(29)18(22(17)33-20)13-27-7-9-28(10-8-27)24(31)32/h1,3-6,11-12,29H,7-10,13H2,(H,25,26)(H,31,32). The summed E-state index contributed by atoms with van der Waals surface area (Å²) in [6, 6.07) is 6.60. The summed E-state index contributed by atoms with van der Waals surface area (Å²) in [6.45, 7) is 2.15. The Kier molecular flexibility index (Phi) is 4.99. The number of allylic oxidation sites excluding steroid dienone is 1. The van der Waals surface area contributed by atoms with Gasteiger partial charge in [-0.2, -0.15) is 0 Å². The van der Waals surface area contributed by atoms with Gasteiger partial charge in [0.15, 0.2) is 5.76 Å². The molecule has 0 atom stereocenters. The number of carboxylic acid groups (broad SMARTS) is 1. The fraction of sp³-hybridized carbons (Fsp3) is 0.208. The van der Waals surface area contributed by atoms with Gasteiger partial charge in [-0.3, -0.25) is 9.69 Å². The first-order valence-electron chi connectivity index (χ1n) is 10.4. The first-order valence-corrected chi connectivity index (χ1v) is 10.4. The van der Waals surface area contributed by atoms with Crippen LogP contribution in [0.3, 0.4) is 0 Å².